The number of carbonyl (C=O) groups is 1. The topological polar surface area (TPSA) is 57.6 Å². The van der Waals surface area contributed by atoms with Gasteiger partial charge in [-0.05, 0) is 17.7 Å². The van der Waals surface area contributed by atoms with Crippen molar-refractivity contribution >= 4 is 16.8 Å². The van der Waals surface area contributed by atoms with E-state index in [1.165, 1.54) is 5.56 Å². The van der Waals surface area contributed by atoms with Gasteiger partial charge in [-0.1, -0.05) is 42.5 Å². The minimum atomic E-state index is -0.0970. The van der Waals surface area contributed by atoms with Crippen LogP contribution in [0.3, 0.4) is 0 Å². The Bertz CT molecular complexity index is 1210. The van der Waals surface area contributed by atoms with E-state index in [1.807, 2.05) is 28.8 Å². The van der Waals surface area contributed by atoms with E-state index in [2.05, 4.69) is 45.4 Å². The minimum Gasteiger partial charge on any atom is -0.350 e. The zero-order valence-corrected chi connectivity index (χ0v) is 18.1. The first-order valence-corrected chi connectivity index (χ1v) is 11.5. The summed E-state index contributed by atoms with van der Waals surface area (Å²) in [6, 6.07) is 19.9. The van der Waals surface area contributed by atoms with E-state index in [9.17, 15) is 9.59 Å². The summed E-state index contributed by atoms with van der Waals surface area (Å²) >= 11 is 0. The second-order valence-electron chi connectivity index (χ2n) is 9.62. The van der Waals surface area contributed by atoms with Crippen molar-refractivity contribution in [3.05, 3.63) is 82.6 Å². The molecule has 1 N–H and O–H groups in total. The van der Waals surface area contributed by atoms with Crippen LogP contribution in [0.4, 0.5) is 0 Å². The van der Waals surface area contributed by atoms with Crippen molar-refractivity contribution in [1.82, 2.24) is 19.7 Å². The molecule has 4 bridgehead atoms. The number of carbonyl (C=O) groups excluding carboxylic acids is 1. The van der Waals surface area contributed by atoms with E-state index in [4.69, 9.17) is 0 Å². The Morgan fingerprint density at radius 2 is 1.62 bits per heavy atom. The maximum Gasteiger partial charge on any atom is 0.240 e. The predicted molar refractivity (Wildman–Crippen MR) is 125 cm³/mol. The largest absolute Gasteiger partial charge is 0.350 e. The van der Waals surface area contributed by atoms with Gasteiger partial charge in [0.05, 0.1) is 5.52 Å². The fourth-order valence-electron chi connectivity index (χ4n) is 6.34. The van der Waals surface area contributed by atoms with Crippen LogP contribution in [0.1, 0.15) is 5.56 Å². The van der Waals surface area contributed by atoms with Crippen LogP contribution in [0.5, 0.6) is 0 Å². The number of para-hydroxylation sites is 1. The lowest BCUT2D eigenvalue weighted by Crippen LogP contribution is -2.70. The minimum absolute atomic E-state index is 0.00950. The second kappa shape index (κ2) is 7.57. The van der Waals surface area contributed by atoms with Gasteiger partial charge < -0.3 is 19.7 Å². The summed E-state index contributed by atoms with van der Waals surface area (Å²) in [5, 5.41) is 4.11. The van der Waals surface area contributed by atoms with Crippen LogP contribution in [0.25, 0.3) is 10.9 Å². The second-order valence-corrected chi connectivity index (χ2v) is 9.62. The Labute approximate surface area is 187 Å². The number of pyridine rings is 1. The number of amides is 1. The van der Waals surface area contributed by atoms with Crippen molar-refractivity contribution in [3.63, 3.8) is 0 Å². The van der Waals surface area contributed by atoms with Crippen molar-refractivity contribution in [2.45, 2.75) is 18.0 Å². The highest BCUT2D eigenvalue weighted by molar-refractivity contribution is 5.82. The Morgan fingerprint density at radius 3 is 2.38 bits per heavy atom. The third-order valence-electron chi connectivity index (χ3n) is 7.66. The molecular formula is C26H28N4O2. The highest BCUT2D eigenvalue weighted by Crippen LogP contribution is 2.43. The van der Waals surface area contributed by atoms with Gasteiger partial charge in [0.15, 0.2) is 5.43 Å². The van der Waals surface area contributed by atoms with E-state index >= 15 is 0 Å². The lowest BCUT2D eigenvalue weighted by molar-refractivity contribution is -0.125. The summed E-state index contributed by atoms with van der Waals surface area (Å²) in [5.74, 6) is 0.421. The monoisotopic (exact) mass is 428 g/mol. The fourth-order valence-corrected chi connectivity index (χ4v) is 6.34. The van der Waals surface area contributed by atoms with Crippen molar-refractivity contribution < 1.29 is 4.79 Å². The molecule has 3 atom stereocenters. The maximum atomic E-state index is 13.4. The first-order chi connectivity index (χ1) is 15.6. The quantitative estimate of drug-likeness (QED) is 0.687. The van der Waals surface area contributed by atoms with Gasteiger partial charge in [0.2, 0.25) is 5.91 Å². The lowest BCUT2D eigenvalue weighted by Gasteiger charge is -2.55. The molecule has 1 amide bonds. The van der Waals surface area contributed by atoms with Gasteiger partial charge in [-0.3, -0.25) is 9.59 Å². The van der Waals surface area contributed by atoms with E-state index in [0.29, 0.717) is 11.3 Å². The van der Waals surface area contributed by atoms with Crippen LogP contribution in [0, 0.1) is 5.92 Å². The SMILES string of the molecule is O=C(Cn1ccc(=O)c2ccccc21)NC1C2CN3CCN(C2)CC1(c1ccccc1)C3. The van der Waals surface area contributed by atoms with Crippen LogP contribution in [-0.2, 0) is 16.8 Å². The lowest BCUT2D eigenvalue weighted by atomic mass is 9.64. The number of nitrogens with zero attached hydrogens (tertiary/aromatic N) is 3. The highest BCUT2D eigenvalue weighted by atomic mass is 16.2. The molecule has 1 aromatic heterocycles. The number of benzene rings is 2. The summed E-state index contributed by atoms with van der Waals surface area (Å²) in [6.07, 6.45) is 1.73. The molecule has 5 heterocycles. The number of hydrogen-bond acceptors (Lipinski definition) is 4. The Balaban J connectivity index is 1.32. The smallest absolute Gasteiger partial charge is 0.240 e. The standard InChI is InChI=1S/C26H28N4O2/c31-23-10-11-30(22-9-5-4-8-21(22)23)16-24(32)27-25-19-14-28-12-13-29(15-19)18-26(25,17-28)20-6-2-1-3-7-20/h1-11,19,25H,12-18H2,(H,27,32). The summed E-state index contributed by atoms with van der Waals surface area (Å²) in [7, 11) is 0. The number of nitrogens with one attached hydrogen (secondary N) is 1. The van der Waals surface area contributed by atoms with Gasteiger partial charge in [-0.2, -0.15) is 0 Å². The number of fused-ring (bicyclic) bond motifs is 2. The van der Waals surface area contributed by atoms with Crippen LogP contribution < -0.4 is 10.7 Å². The molecule has 6 heteroatoms. The third-order valence-corrected chi connectivity index (χ3v) is 7.66. The van der Waals surface area contributed by atoms with Gasteiger partial charge in [-0.15, -0.1) is 0 Å². The average Bonchev–Trinajstić information content (AvgIpc) is 3.07. The zero-order chi connectivity index (χ0) is 21.7. The molecule has 0 spiro atoms. The van der Waals surface area contributed by atoms with Crippen LogP contribution >= 0.6 is 0 Å². The number of aromatic nitrogens is 1. The van der Waals surface area contributed by atoms with Gasteiger partial charge in [0.1, 0.15) is 6.54 Å². The molecule has 0 aliphatic carbocycles. The molecule has 32 heavy (non-hydrogen) atoms. The Hall–Kier alpha value is -2.96. The molecule has 0 radical (unpaired) electrons. The van der Waals surface area contributed by atoms with E-state index in [1.54, 1.807) is 12.3 Å². The molecular weight excluding hydrogens is 400 g/mol. The zero-order valence-electron chi connectivity index (χ0n) is 18.1. The molecule has 3 unspecified atom stereocenters. The maximum absolute atomic E-state index is 13.4. The summed E-state index contributed by atoms with van der Waals surface area (Å²) in [4.78, 5) is 30.7. The molecule has 4 saturated heterocycles. The van der Waals surface area contributed by atoms with Crippen LogP contribution in [-0.4, -0.2) is 65.6 Å². The third kappa shape index (κ3) is 3.17. The molecule has 7 rings (SSSR count). The molecule has 4 aliphatic rings. The fraction of sp³-hybridized carbons (Fsp3) is 0.385. The summed E-state index contributed by atoms with van der Waals surface area (Å²) in [6.45, 7) is 6.46. The van der Waals surface area contributed by atoms with Crippen molar-refractivity contribution in [2.24, 2.45) is 5.92 Å². The molecule has 3 aromatic rings. The molecule has 4 fully saturated rings. The van der Waals surface area contributed by atoms with Crippen molar-refractivity contribution in [2.75, 3.05) is 39.3 Å². The molecule has 4 aliphatic heterocycles. The van der Waals surface area contributed by atoms with Gasteiger partial charge in [0, 0.05) is 74.3 Å². The molecule has 6 nitrogen and oxygen atoms in total. The van der Waals surface area contributed by atoms with E-state index in [0.717, 1.165) is 44.8 Å². The van der Waals surface area contributed by atoms with Crippen molar-refractivity contribution in [1.29, 1.82) is 0 Å². The average molecular weight is 429 g/mol. The number of rotatable bonds is 4. The normalized spacial score (nSPS) is 30.9. The molecule has 0 saturated carbocycles. The first-order valence-electron chi connectivity index (χ1n) is 11.5. The van der Waals surface area contributed by atoms with Gasteiger partial charge in [0.25, 0.3) is 0 Å². The van der Waals surface area contributed by atoms with E-state index < -0.39 is 0 Å². The Morgan fingerprint density at radius 1 is 0.938 bits per heavy atom. The predicted octanol–water partition coefficient (Wildman–Crippen LogP) is 1.69. The van der Waals surface area contributed by atoms with Gasteiger partial charge in [-0.25, -0.2) is 0 Å². The van der Waals surface area contributed by atoms with Crippen LogP contribution in [0.15, 0.2) is 71.7 Å². The molecule has 2 aromatic carbocycles. The molecule has 164 valence electrons. The van der Waals surface area contributed by atoms with Gasteiger partial charge >= 0.3 is 0 Å². The highest BCUT2D eigenvalue weighted by Gasteiger charge is 2.55. The first kappa shape index (κ1) is 19.7. The van der Waals surface area contributed by atoms with Crippen molar-refractivity contribution in [3.8, 4) is 0 Å². The number of piperidine rings is 2. The Kier molecular flexibility index (Phi) is 4.66. The summed E-state index contributed by atoms with van der Waals surface area (Å²) in [5.41, 5.74) is 2.01. The van der Waals surface area contributed by atoms with Crippen LogP contribution in [0.2, 0.25) is 0 Å². The van der Waals surface area contributed by atoms with E-state index in [-0.39, 0.29) is 29.3 Å². The summed E-state index contributed by atoms with van der Waals surface area (Å²) < 4.78 is 1.89. The number of hydrogen-bond donors (Lipinski definition) is 1.